The van der Waals surface area contributed by atoms with Crippen molar-refractivity contribution in [1.29, 1.82) is 0 Å². The van der Waals surface area contributed by atoms with E-state index in [1.165, 1.54) is 12.5 Å². The molecule has 0 bridgehead atoms. The van der Waals surface area contributed by atoms with Gasteiger partial charge in [0.25, 0.3) is 0 Å². The number of rotatable bonds is 2. The van der Waals surface area contributed by atoms with Crippen LogP contribution in [0.1, 0.15) is 19.3 Å². The zero-order chi connectivity index (χ0) is 10.1. The van der Waals surface area contributed by atoms with Crippen LogP contribution in [-0.4, -0.2) is 42.6 Å². The molecule has 16 heavy (non-hydrogen) atoms. The van der Waals surface area contributed by atoms with Gasteiger partial charge in [-0.15, -0.1) is 0 Å². The molecular weight excluding hydrogens is 280 g/mol. The summed E-state index contributed by atoms with van der Waals surface area (Å²) in [6.45, 7) is 1.17. The van der Waals surface area contributed by atoms with Crippen molar-refractivity contribution < 1.29 is 26.5 Å². The minimum absolute atomic E-state index is 0. The first-order valence-corrected chi connectivity index (χ1v) is 4.72. The molecule has 1 unspecified atom stereocenters. The monoisotopic (exact) mass is 292 g/mol. The van der Waals surface area contributed by atoms with E-state index < -0.39 is 0 Å². The van der Waals surface area contributed by atoms with Crippen LogP contribution in [0.25, 0.3) is 0 Å². The fraction of sp³-hybridized carbons (Fsp3) is 0.500. The molecule has 0 aromatic heterocycles. The summed E-state index contributed by atoms with van der Waals surface area (Å²) in [5.41, 5.74) is 0. The van der Waals surface area contributed by atoms with Crippen LogP contribution in [0.15, 0.2) is 12.2 Å². The van der Waals surface area contributed by atoms with E-state index in [1.54, 1.807) is 6.08 Å². The zero-order valence-corrected chi connectivity index (χ0v) is 12.2. The van der Waals surface area contributed by atoms with E-state index in [0.717, 1.165) is 19.4 Å². The van der Waals surface area contributed by atoms with Crippen molar-refractivity contribution in [1.82, 2.24) is 0 Å². The molecule has 1 heterocycles. The third kappa shape index (κ3) is 9.27. The predicted octanol–water partition coefficient (Wildman–Crippen LogP) is -1.70. The van der Waals surface area contributed by atoms with E-state index in [4.69, 9.17) is 15.9 Å². The molecule has 4 heteroatoms. The van der Waals surface area contributed by atoms with Crippen molar-refractivity contribution in [3.8, 4) is 17.8 Å². The molecule has 1 aliphatic rings. The third-order valence-electron chi connectivity index (χ3n) is 1.83. The van der Waals surface area contributed by atoms with Gasteiger partial charge < -0.3 is 32.9 Å². The molecule has 0 aliphatic carbocycles. The van der Waals surface area contributed by atoms with E-state index in [0.29, 0.717) is 6.61 Å². The molecule has 0 aromatic rings. The average Bonchev–Trinajstić information content (AvgIpc) is 2.25. The average molecular weight is 293 g/mol. The van der Waals surface area contributed by atoms with Gasteiger partial charge >= 0.3 is 23.1 Å². The molecule has 1 aliphatic heterocycles. The van der Waals surface area contributed by atoms with E-state index in [2.05, 4.69) is 17.8 Å². The quantitative estimate of drug-likeness (QED) is 0.343. The first-order valence-electron chi connectivity index (χ1n) is 4.72. The normalized spacial score (nSPS) is 18.6. The van der Waals surface area contributed by atoms with Crippen LogP contribution in [0.4, 0.5) is 0 Å². The van der Waals surface area contributed by atoms with Crippen molar-refractivity contribution in [2.24, 2.45) is 0 Å². The Kier molecular flexibility index (Phi) is 15.1. The van der Waals surface area contributed by atoms with E-state index in [-0.39, 0.29) is 46.3 Å². The molecule has 2 nitrogen and oxygen atoms in total. The summed E-state index contributed by atoms with van der Waals surface area (Å²) in [6, 6.07) is 0. The van der Waals surface area contributed by atoms with Gasteiger partial charge in [-0.05, 0) is 19.3 Å². The summed E-state index contributed by atoms with van der Waals surface area (Å²) in [5, 5.41) is 0. The Hall–Kier alpha value is 0.0262. The van der Waals surface area contributed by atoms with Gasteiger partial charge in [0, 0.05) is 6.61 Å². The summed E-state index contributed by atoms with van der Waals surface area (Å²) in [7, 11) is 0. The fourth-order valence-electron chi connectivity index (χ4n) is 1.16. The standard InChI is InChI=1S/C12H13O2.BrH.Mg/c1-2-3-4-5-7-10-13-12-9-6-8-11-14-12;;/h3-4,12H,6,8-11H2;1H;/q-1;;+2/p-1/b4-3-;;. The summed E-state index contributed by atoms with van der Waals surface area (Å²) >= 11 is 0. The zero-order valence-electron chi connectivity index (χ0n) is 9.17. The molecule has 1 rings (SSSR count). The second kappa shape index (κ2) is 13.1. The van der Waals surface area contributed by atoms with Crippen LogP contribution in [0.5, 0.6) is 0 Å². The van der Waals surface area contributed by atoms with Gasteiger partial charge in [0.15, 0.2) is 6.29 Å². The smallest absolute Gasteiger partial charge is 1.00 e. The van der Waals surface area contributed by atoms with Gasteiger partial charge in [-0.25, -0.2) is 0 Å². The Bertz CT molecular complexity index is 280. The minimum atomic E-state index is -0.0728. The van der Waals surface area contributed by atoms with Gasteiger partial charge in [0.05, 0.1) is 0 Å². The van der Waals surface area contributed by atoms with Gasteiger partial charge in [-0.1, -0.05) is 17.9 Å². The predicted molar refractivity (Wildman–Crippen MR) is 59.3 cm³/mol. The van der Waals surface area contributed by atoms with Crippen LogP contribution >= 0.6 is 0 Å². The van der Waals surface area contributed by atoms with Crippen LogP contribution in [0.3, 0.4) is 0 Å². The molecule has 0 saturated carbocycles. The van der Waals surface area contributed by atoms with Crippen LogP contribution in [-0.2, 0) is 9.47 Å². The molecule has 1 fully saturated rings. The number of ether oxygens (including phenoxy) is 2. The largest absolute Gasteiger partial charge is 2.00 e. The molecule has 0 spiro atoms. The van der Waals surface area contributed by atoms with Crippen molar-refractivity contribution in [3.05, 3.63) is 18.6 Å². The Morgan fingerprint density at radius 2 is 2.19 bits per heavy atom. The maximum absolute atomic E-state index is 6.59. The second-order valence-corrected chi connectivity index (χ2v) is 2.91. The van der Waals surface area contributed by atoms with Crippen LogP contribution in [0.2, 0.25) is 0 Å². The van der Waals surface area contributed by atoms with Gasteiger partial charge in [0.2, 0.25) is 0 Å². The number of hydrogen-bond acceptors (Lipinski definition) is 2. The topological polar surface area (TPSA) is 18.5 Å². The van der Waals surface area contributed by atoms with E-state index >= 15 is 0 Å². The van der Waals surface area contributed by atoms with Crippen molar-refractivity contribution in [3.63, 3.8) is 0 Å². The molecule has 0 radical (unpaired) electrons. The van der Waals surface area contributed by atoms with Gasteiger partial charge in [-0.2, -0.15) is 6.08 Å². The van der Waals surface area contributed by atoms with Crippen molar-refractivity contribution in [2.75, 3.05) is 13.2 Å². The Balaban J connectivity index is 0. The first-order chi connectivity index (χ1) is 6.93. The van der Waals surface area contributed by atoms with Crippen LogP contribution in [0, 0.1) is 24.2 Å². The van der Waals surface area contributed by atoms with Crippen molar-refractivity contribution >= 4 is 23.1 Å². The summed E-state index contributed by atoms with van der Waals surface area (Å²) < 4.78 is 10.7. The molecule has 0 amide bonds. The Morgan fingerprint density at radius 1 is 1.38 bits per heavy atom. The van der Waals surface area contributed by atoms with Crippen LogP contribution < -0.4 is 17.0 Å². The molecule has 0 aromatic carbocycles. The van der Waals surface area contributed by atoms with E-state index in [9.17, 15) is 0 Å². The van der Waals surface area contributed by atoms with Gasteiger partial charge in [0.1, 0.15) is 6.61 Å². The number of halogens is 1. The Labute approximate surface area is 124 Å². The maximum atomic E-state index is 6.59. The molecule has 82 valence electrons. The summed E-state index contributed by atoms with van der Waals surface area (Å²) in [5.74, 6) is 7.65. The third-order valence-corrected chi connectivity index (χ3v) is 1.83. The minimum Gasteiger partial charge on any atom is -1.00 e. The maximum Gasteiger partial charge on any atom is 2.00 e. The SMILES string of the molecule is [Br-].[C-]#C/C=C\C#CCOC1CCCCO1.[Mg+2]. The summed E-state index contributed by atoms with van der Waals surface area (Å²) in [4.78, 5) is 0. The van der Waals surface area contributed by atoms with Crippen molar-refractivity contribution in [2.45, 2.75) is 25.6 Å². The van der Waals surface area contributed by atoms with Gasteiger partial charge in [-0.3, -0.25) is 5.92 Å². The van der Waals surface area contributed by atoms with E-state index in [1.807, 2.05) is 0 Å². The first kappa shape index (κ1) is 18.4. The molecule has 1 saturated heterocycles. The second-order valence-electron chi connectivity index (χ2n) is 2.91. The Morgan fingerprint density at radius 3 is 2.81 bits per heavy atom. The number of hydrogen-bond donors (Lipinski definition) is 0. The number of allylic oxidation sites excluding steroid dienone is 2. The molecule has 0 N–H and O–H groups in total. The summed E-state index contributed by atoms with van der Waals surface area (Å²) in [6.07, 6.45) is 12.8. The molecule has 1 atom stereocenters. The fourth-order valence-corrected chi connectivity index (χ4v) is 1.16. The molecular formula is C12H13BrMgO2.